The van der Waals surface area contributed by atoms with E-state index in [-0.39, 0.29) is 23.7 Å². The van der Waals surface area contributed by atoms with Crippen molar-refractivity contribution in [3.63, 3.8) is 0 Å². The number of carboxylic acids is 1. The first-order valence-corrected chi connectivity index (χ1v) is 7.10. The third-order valence-electron chi connectivity index (χ3n) is 3.08. The van der Waals surface area contributed by atoms with E-state index in [0.29, 0.717) is 30.9 Å². The van der Waals surface area contributed by atoms with Crippen molar-refractivity contribution in [1.29, 1.82) is 0 Å². The van der Waals surface area contributed by atoms with E-state index >= 15 is 0 Å². The van der Waals surface area contributed by atoms with Crippen LogP contribution in [0.15, 0.2) is 0 Å². The first-order valence-electron chi connectivity index (χ1n) is 5.94. The van der Waals surface area contributed by atoms with Crippen molar-refractivity contribution < 1.29 is 19.5 Å². The highest BCUT2D eigenvalue weighted by Crippen LogP contribution is 2.27. The van der Waals surface area contributed by atoms with Gasteiger partial charge >= 0.3 is 5.97 Å². The second-order valence-corrected chi connectivity index (χ2v) is 6.23. The van der Waals surface area contributed by atoms with Crippen LogP contribution in [0.25, 0.3) is 0 Å². The summed E-state index contributed by atoms with van der Waals surface area (Å²) in [5, 5.41) is 8.66. The lowest BCUT2D eigenvalue weighted by Gasteiger charge is -2.30. The summed E-state index contributed by atoms with van der Waals surface area (Å²) in [6.45, 7) is 4.32. The molecule has 0 radical (unpaired) electrons. The second-order valence-electron chi connectivity index (χ2n) is 5.24. The van der Waals surface area contributed by atoms with Gasteiger partial charge in [0.15, 0.2) is 0 Å². The molecular weight excluding hydrogens is 254 g/mol. The van der Waals surface area contributed by atoms with Crippen molar-refractivity contribution in [2.24, 2.45) is 5.41 Å². The van der Waals surface area contributed by atoms with Crippen LogP contribution in [0.1, 0.15) is 33.1 Å². The quantitative estimate of drug-likeness (QED) is 0.740. The lowest BCUT2D eigenvalue weighted by atomic mass is 9.84. The van der Waals surface area contributed by atoms with Crippen LogP contribution in [0, 0.1) is 5.41 Å². The van der Waals surface area contributed by atoms with Crippen LogP contribution < -0.4 is 0 Å². The molecule has 0 atom stereocenters. The third kappa shape index (κ3) is 4.68. The Morgan fingerprint density at radius 3 is 2.33 bits per heavy atom. The molecule has 18 heavy (non-hydrogen) atoms. The van der Waals surface area contributed by atoms with Gasteiger partial charge in [0.05, 0.1) is 11.5 Å². The van der Waals surface area contributed by atoms with E-state index in [9.17, 15) is 14.4 Å². The van der Waals surface area contributed by atoms with Gasteiger partial charge in [0.2, 0.25) is 11.8 Å². The van der Waals surface area contributed by atoms with E-state index in [1.807, 2.05) is 13.8 Å². The van der Waals surface area contributed by atoms with Crippen molar-refractivity contribution in [2.45, 2.75) is 33.1 Å². The molecule has 1 N–H and O–H groups in total. The van der Waals surface area contributed by atoms with Crippen LogP contribution in [0.3, 0.4) is 0 Å². The minimum Gasteiger partial charge on any atom is -0.481 e. The number of aliphatic carboxylic acids is 1. The van der Waals surface area contributed by atoms with Crippen LogP contribution in [-0.2, 0) is 14.4 Å². The summed E-state index contributed by atoms with van der Waals surface area (Å²) < 4.78 is 0. The molecule has 0 aromatic carbocycles. The van der Waals surface area contributed by atoms with Crippen LogP contribution in [0.5, 0.6) is 0 Å². The molecule has 0 saturated carbocycles. The van der Waals surface area contributed by atoms with Crippen molar-refractivity contribution in [3.05, 3.63) is 0 Å². The summed E-state index contributed by atoms with van der Waals surface area (Å²) in [5.41, 5.74) is -0.177. The van der Waals surface area contributed by atoms with E-state index in [4.69, 9.17) is 5.11 Å². The molecule has 0 aromatic heterocycles. The van der Waals surface area contributed by atoms with E-state index in [2.05, 4.69) is 0 Å². The van der Waals surface area contributed by atoms with Crippen LogP contribution >= 0.6 is 11.8 Å². The minimum absolute atomic E-state index is 0.116. The predicted octanol–water partition coefficient (Wildman–Crippen LogP) is 1.37. The fraction of sp³-hybridized carbons (Fsp3) is 0.750. The third-order valence-corrected chi connectivity index (χ3v) is 3.98. The van der Waals surface area contributed by atoms with Gasteiger partial charge in [0.1, 0.15) is 0 Å². The smallest absolute Gasteiger partial charge is 0.303 e. The molecular formula is C12H19NO4S. The number of imide groups is 1. The van der Waals surface area contributed by atoms with E-state index in [0.717, 1.165) is 0 Å². The summed E-state index contributed by atoms with van der Waals surface area (Å²) in [6.07, 6.45) is 1.31. The monoisotopic (exact) mass is 273 g/mol. The van der Waals surface area contributed by atoms with Crippen LogP contribution in [0.4, 0.5) is 0 Å². The van der Waals surface area contributed by atoms with Gasteiger partial charge in [-0.25, -0.2) is 0 Å². The topological polar surface area (TPSA) is 74.7 Å². The van der Waals surface area contributed by atoms with Gasteiger partial charge in [-0.3, -0.25) is 19.3 Å². The normalized spacial score (nSPS) is 17.1. The number of carbonyl (C=O) groups excluding carboxylic acids is 2. The molecule has 0 spiro atoms. The number of carboxylic acid groups (broad SMARTS) is 1. The molecule has 0 unspecified atom stereocenters. The Bertz CT molecular complexity index is 338. The van der Waals surface area contributed by atoms with E-state index in [1.54, 1.807) is 0 Å². The van der Waals surface area contributed by atoms with Gasteiger partial charge in [-0.15, -0.1) is 11.8 Å². The fourth-order valence-electron chi connectivity index (χ4n) is 1.75. The van der Waals surface area contributed by atoms with Gasteiger partial charge in [0.25, 0.3) is 0 Å². The summed E-state index contributed by atoms with van der Waals surface area (Å²) in [5.74, 6) is -0.358. The van der Waals surface area contributed by atoms with Crippen molar-refractivity contribution in [1.82, 2.24) is 4.90 Å². The Kier molecular flexibility index (Phi) is 5.19. The number of hydrogen-bond acceptors (Lipinski definition) is 4. The zero-order valence-electron chi connectivity index (χ0n) is 10.8. The maximum Gasteiger partial charge on any atom is 0.303 e. The lowest BCUT2D eigenvalue weighted by molar-refractivity contribution is -0.143. The Morgan fingerprint density at radius 1 is 1.28 bits per heavy atom. The molecule has 1 fully saturated rings. The van der Waals surface area contributed by atoms with Crippen LogP contribution in [0.2, 0.25) is 0 Å². The van der Waals surface area contributed by atoms with Gasteiger partial charge in [-0.05, 0) is 18.3 Å². The van der Waals surface area contributed by atoms with Crippen LogP contribution in [-0.4, -0.2) is 45.8 Å². The lowest BCUT2D eigenvalue weighted by Crippen LogP contribution is -2.44. The molecule has 102 valence electrons. The first-order chi connectivity index (χ1) is 8.32. The molecule has 1 aliphatic heterocycles. The Morgan fingerprint density at radius 2 is 1.83 bits per heavy atom. The molecule has 1 saturated heterocycles. The summed E-state index contributed by atoms with van der Waals surface area (Å²) >= 11 is 1.34. The predicted molar refractivity (Wildman–Crippen MR) is 69.3 cm³/mol. The maximum atomic E-state index is 11.6. The zero-order chi connectivity index (χ0) is 13.8. The molecule has 6 heteroatoms. The number of rotatable bonds is 6. The standard InChI is InChI=1S/C12H19NO4S/c1-12(2,4-3-11(16)17)5-6-13-9(14)7-18-8-10(13)15/h3-8H2,1-2H3,(H,16,17). The summed E-state index contributed by atoms with van der Waals surface area (Å²) in [7, 11) is 0. The van der Waals surface area contributed by atoms with E-state index in [1.165, 1.54) is 16.7 Å². The maximum absolute atomic E-state index is 11.6. The van der Waals surface area contributed by atoms with Gasteiger partial charge in [0, 0.05) is 13.0 Å². The van der Waals surface area contributed by atoms with E-state index < -0.39 is 5.97 Å². The second kappa shape index (κ2) is 6.22. The highest BCUT2D eigenvalue weighted by atomic mass is 32.2. The van der Waals surface area contributed by atoms with Gasteiger partial charge < -0.3 is 5.11 Å². The number of amides is 2. The van der Waals surface area contributed by atoms with Crippen molar-refractivity contribution >= 4 is 29.5 Å². The Labute approximate surface area is 111 Å². The molecule has 5 nitrogen and oxygen atoms in total. The van der Waals surface area contributed by atoms with Crippen molar-refractivity contribution in [2.75, 3.05) is 18.1 Å². The average Bonchev–Trinajstić information content (AvgIpc) is 2.26. The number of hydrogen-bond donors (Lipinski definition) is 1. The molecule has 1 aliphatic rings. The Hall–Kier alpha value is -1.04. The number of carbonyl (C=O) groups is 3. The summed E-state index contributed by atoms with van der Waals surface area (Å²) in [6, 6.07) is 0. The SMILES string of the molecule is CC(C)(CCC(=O)O)CCN1C(=O)CSCC1=O. The van der Waals surface area contributed by atoms with Gasteiger partial charge in [-0.1, -0.05) is 13.8 Å². The molecule has 0 bridgehead atoms. The molecule has 0 aromatic rings. The van der Waals surface area contributed by atoms with Crippen molar-refractivity contribution in [3.8, 4) is 0 Å². The molecule has 1 rings (SSSR count). The highest BCUT2D eigenvalue weighted by molar-refractivity contribution is 8.00. The highest BCUT2D eigenvalue weighted by Gasteiger charge is 2.28. The van der Waals surface area contributed by atoms with Gasteiger partial charge in [-0.2, -0.15) is 0 Å². The molecule has 2 amide bonds. The molecule has 0 aliphatic carbocycles. The number of nitrogens with zero attached hydrogens (tertiary/aromatic N) is 1. The average molecular weight is 273 g/mol. The molecule has 1 heterocycles. The Balaban J connectivity index is 2.45. The zero-order valence-corrected chi connectivity index (χ0v) is 11.6. The summed E-state index contributed by atoms with van der Waals surface area (Å²) in [4.78, 5) is 35.0. The fourth-order valence-corrected chi connectivity index (χ4v) is 2.52. The largest absolute Gasteiger partial charge is 0.481 e. The minimum atomic E-state index is -0.815. The first kappa shape index (κ1) is 15.0. The number of thioether (sulfide) groups is 1.